The molecule has 2 aromatic rings. The highest BCUT2D eigenvalue weighted by Crippen LogP contribution is 2.49. The van der Waals surface area contributed by atoms with Crippen LogP contribution in [0, 0.1) is 0 Å². The maximum absolute atomic E-state index is 2.32. The summed E-state index contributed by atoms with van der Waals surface area (Å²) in [5.41, 5.74) is 4.60. The molecule has 0 aliphatic heterocycles. The number of benzene rings is 1. The molecule has 0 fully saturated rings. The summed E-state index contributed by atoms with van der Waals surface area (Å²) in [5, 5.41) is 1.46. The van der Waals surface area contributed by atoms with Gasteiger partial charge in [-0.05, 0) is 36.4 Å². The second kappa shape index (κ2) is 2.96. The van der Waals surface area contributed by atoms with Crippen LogP contribution in [0.15, 0.2) is 29.8 Å². The Hall–Kier alpha value is -1.08. The zero-order valence-corrected chi connectivity index (χ0v) is 10.1. The number of thiophene rings is 1. The van der Waals surface area contributed by atoms with Crippen LogP contribution in [-0.2, 0) is 0 Å². The summed E-state index contributed by atoms with van der Waals surface area (Å²) in [6.07, 6.45) is 0. The lowest BCUT2D eigenvalue weighted by molar-refractivity contribution is 0.932. The molecule has 1 aliphatic rings. The van der Waals surface area contributed by atoms with Gasteiger partial charge in [0.25, 0.3) is 0 Å². The van der Waals surface area contributed by atoms with Crippen LogP contribution in [0.3, 0.4) is 0 Å². The van der Waals surface area contributed by atoms with Crippen molar-refractivity contribution in [2.45, 2.75) is 26.7 Å². The fourth-order valence-electron chi connectivity index (χ4n) is 2.49. The van der Waals surface area contributed by atoms with Gasteiger partial charge in [0.15, 0.2) is 0 Å². The van der Waals surface area contributed by atoms with Crippen molar-refractivity contribution in [1.29, 1.82) is 0 Å². The van der Waals surface area contributed by atoms with Crippen LogP contribution in [0.5, 0.6) is 0 Å². The predicted molar refractivity (Wildman–Crippen MR) is 68.5 cm³/mol. The molecule has 0 N–H and O–H groups in total. The van der Waals surface area contributed by atoms with E-state index in [1.807, 2.05) is 11.3 Å². The molecule has 1 unspecified atom stereocenters. The molecule has 0 radical (unpaired) electrons. The fourth-order valence-corrected chi connectivity index (χ4v) is 3.86. The molecule has 0 saturated heterocycles. The molecule has 0 nitrogen and oxygen atoms in total. The van der Waals surface area contributed by atoms with E-state index in [2.05, 4.69) is 45.0 Å². The molecule has 0 saturated carbocycles. The summed E-state index contributed by atoms with van der Waals surface area (Å²) in [5.74, 6) is 0.608. The highest BCUT2D eigenvalue weighted by atomic mass is 32.1. The summed E-state index contributed by atoms with van der Waals surface area (Å²) in [7, 11) is 0. The van der Waals surface area contributed by atoms with Gasteiger partial charge in [-0.25, -0.2) is 0 Å². The second-order valence-electron chi connectivity index (χ2n) is 4.37. The van der Waals surface area contributed by atoms with Gasteiger partial charge in [0, 0.05) is 15.5 Å². The molecule has 15 heavy (non-hydrogen) atoms. The topological polar surface area (TPSA) is 0 Å². The molecule has 3 rings (SSSR count). The summed E-state index contributed by atoms with van der Waals surface area (Å²) < 4.78 is 1.43. The Labute approximate surface area is 94.2 Å². The van der Waals surface area contributed by atoms with Gasteiger partial charge in [0.2, 0.25) is 0 Å². The van der Waals surface area contributed by atoms with Crippen molar-refractivity contribution in [2.24, 2.45) is 0 Å². The Morgan fingerprint density at radius 3 is 2.67 bits per heavy atom. The first-order valence-electron chi connectivity index (χ1n) is 5.39. The minimum absolute atomic E-state index is 0.608. The SMILES string of the molecule is CC1=C(C)C(C)c2c1sc1ccccc21. The first-order valence-corrected chi connectivity index (χ1v) is 6.21. The molecule has 1 heterocycles. The van der Waals surface area contributed by atoms with Gasteiger partial charge < -0.3 is 0 Å². The molecule has 1 heteroatoms. The van der Waals surface area contributed by atoms with Crippen LogP contribution in [-0.4, -0.2) is 0 Å². The highest BCUT2D eigenvalue weighted by Gasteiger charge is 2.27. The van der Waals surface area contributed by atoms with Gasteiger partial charge in [-0.1, -0.05) is 30.7 Å². The zero-order valence-electron chi connectivity index (χ0n) is 9.29. The lowest BCUT2D eigenvalue weighted by atomic mass is 9.98. The monoisotopic (exact) mass is 214 g/mol. The van der Waals surface area contributed by atoms with E-state index >= 15 is 0 Å². The number of hydrogen-bond donors (Lipinski definition) is 0. The molecule has 0 spiro atoms. The van der Waals surface area contributed by atoms with Gasteiger partial charge >= 0.3 is 0 Å². The minimum atomic E-state index is 0.608. The lowest BCUT2D eigenvalue weighted by Crippen LogP contribution is -1.88. The van der Waals surface area contributed by atoms with E-state index in [1.165, 1.54) is 20.5 Å². The van der Waals surface area contributed by atoms with Crippen molar-refractivity contribution in [3.8, 4) is 0 Å². The minimum Gasteiger partial charge on any atom is -0.135 e. The van der Waals surface area contributed by atoms with Crippen molar-refractivity contribution < 1.29 is 0 Å². The summed E-state index contributed by atoms with van der Waals surface area (Å²) in [6, 6.07) is 8.76. The van der Waals surface area contributed by atoms with Crippen molar-refractivity contribution in [3.05, 3.63) is 40.3 Å². The van der Waals surface area contributed by atoms with Gasteiger partial charge in [-0.15, -0.1) is 11.3 Å². The van der Waals surface area contributed by atoms with Gasteiger partial charge in [-0.3, -0.25) is 0 Å². The third-order valence-electron chi connectivity index (χ3n) is 3.65. The quantitative estimate of drug-likeness (QED) is 0.590. The van der Waals surface area contributed by atoms with Gasteiger partial charge in [0.05, 0.1) is 0 Å². The molecule has 1 aromatic heterocycles. The van der Waals surface area contributed by atoms with E-state index in [0.29, 0.717) is 5.92 Å². The molecule has 1 aliphatic carbocycles. The molecular weight excluding hydrogens is 200 g/mol. The number of rotatable bonds is 0. The van der Waals surface area contributed by atoms with E-state index in [4.69, 9.17) is 0 Å². The summed E-state index contributed by atoms with van der Waals surface area (Å²) >= 11 is 1.94. The standard InChI is InChI=1S/C14H14S/c1-8-9(2)13-11-6-4-5-7-12(11)15-14(13)10(8)3/h4-7,9H,1-3H3. The average molecular weight is 214 g/mol. The summed E-state index contributed by atoms with van der Waals surface area (Å²) in [6.45, 7) is 6.85. The highest BCUT2D eigenvalue weighted by molar-refractivity contribution is 7.20. The third-order valence-corrected chi connectivity index (χ3v) is 4.95. The van der Waals surface area contributed by atoms with E-state index in [9.17, 15) is 0 Å². The molecule has 0 amide bonds. The smallest absolute Gasteiger partial charge is 0.0352 e. The van der Waals surface area contributed by atoms with Crippen LogP contribution >= 0.6 is 11.3 Å². The van der Waals surface area contributed by atoms with Crippen molar-refractivity contribution >= 4 is 27.0 Å². The maximum atomic E-state index is 2.32. The van der Waals surface area contributed by atoms with E-state index in [1.54, 1.807) is 11.1 Å². The Morgan fingerprint density at radius 1 is 1.13 bits per heavy atom. The van der Waals surface area contributed by atoms with Crippen LogP contribution in [0.1, 0.15) is 37.1 Å². The van der Waals surface area contributed by atoms with Crippen molar-refractivity contribution in [1.82, 2.24) is 0 Å². The van der Waals surface area contributed by atoms with E-state index in [0.717, 1.165) is 0 Å². The number of fused-ring (bicyclic) bond motifs is 3. The fraction of sp³-hybridized carbons (Fsp3) is 0.286. The number of hydrogen-bond acceptors (Lipinski definition) is 1. The Morgan fingerprint density at radius 2 is 1.87 bits per heavy atom. The molecular formula is C14H14S. The van der Waals surface area contributed by atoms with Crippen LogP contribution in [0.4, 0.5) is 0 Å². The second-order valence-corrected chi connectivity index (χ2v) is 5.42. The van der Waals surface area contributed by atoms with Crippen LogP contribution in [0.2, 0.25) is 0 Å². The average Bonchev–Trinajstić information content (AvgIpc) is 2.72. The van der Waals surface area contributed by atoms with Gasteiger partial charge in [-0.2, -0.15) is 0 Å². The maximum Gasteiger partial charge on any atom is 0.0352 e. The molecule has 1 atom stereocenters. The first kappa shape index (κ1) is 9.17. The number of allylic oxidation sites excluding steroid dienone is 2. The molecule has 1 aromatic carbocycles. The normalized spacial score (nSPS) is 20.1. The largest absolute Gasteiger partial charge is 0.135 e. The van der Waals surface area contributed by atoms with Gasteiger partial charge in [0.1, 0.15) is 0 Å². The van der Waals surface area contributed by atoms with E-state index < -0.39 is 0 Å². The van der Waals surface area contributed by atoms with Crippen molar-refractivity contribution in [3.63, 3.8) is 0 Å². The zero-order chi connectivity index (χ0) is 10.6. The van der Waals surface area contributed by atoms with Crippen molar-refractivity contribution in [2.75, 3.05) is 0 Å². The first-order chi connectivity index (χ1) is 7.20. The Balaban J connectivity index is 2.41. The Kier molecular flexibility index (Phi) is 1.81. The van der Waals surface area contributed by atoms with Crippen LogP contribution in [0.25, 0.3) is 15.7 Å². The predicted octanol–water partition coefficient (Wildman–Crippen LogP) is 4.81. The third kappa shape index (κ3) is 1.07. The van der Waals surface area contributed by atoms with E-state index in [-0.39, 0.29) is 0 Å². The molecule has 76 valence electrons. The lowest BCUT2D eigenvalue weighted by Gasteiger charge is -2.06. The Bertz CT molecular complexity index is 572. The summed E-state index contributed by atoms with van der Waals surface area (Å²) in [4.78, 5) is 1.52. The molecule has 0 bridgehead atoms. The van der Waals surface area contributed by atoms with Crippen LogP contribution < -0.4 is 0 Å².